The second kappa shape index (κ2) is 8.74. The Kier molecular flexibility index (Phi) is 5.49. The van der Waals surface area contributed by atoms with Crippen LogP contribution in [0.2, 0.25) is 0 Å². The molecule has 7 heteroatoms. The van der Waals surface area contributed by atoms with Gasteiger partial charge in [0.25, 0.3) is 0 Å². The summed E-state index contributed by atoms with van der Waals surface area (Å²) in [4.78, 5) is 14.5. The molecule has 6 nitrogen and oxygen atoms in total. The van der Waals surface area contributed by atoms with Crippen molar-refractivity contribution in [1.82, 2.24) is 15.0 Å². The highest BCUT2D eigenvalue weighted by atomic mass is 27.2. The highest BCUT2D eigenvalue weighted by Gasteiger charge is 2.32. The van der Waals surface area contributed by atoms with Gasteiger partial charge in [0.05, 0.1) is 0 Å². The number of aryl methyl sites for hydroxylation is 3. The van der Waals surface area contributed by atoms with Crippen LogP contribution in [-0.2, 0) is 0 Å². The van der Waals surface area contributed by atoms with Crippen molar-refractivity contribution in [2.45, 2.75) is 20.8 Å². The van der Waals surface area contributed by atoms with E-state index in [4.69, 9.17) is 15.0 Å². The van der Waals surface area contributed by atoms with Crippen molar-refractivity contribution in [3.63, 3.8) is 0 Å². The first-order valence-corrected chi connectivity index (χ1v) is 13.8. The van der Waals surface area contributed by atoms with Crippen LogP contribution in [0.4, 0.5) is 0 Å². The van der Waals surface area contributed by atoms with E-state index in [0.717, 1.165) is 46.5 Å². The molecule has 6 rings (SSSR count). The lowest BCUT2D eigenvalue weighted by molar-refractivity contribution is 0.480. The Morgan fingerprint density at radius 3 is 1.08 bits per heavy atom. The number of rotatable bonds is 3. The Morgan fingerprint density at radius 1 is 0.486 bits per heavy atom. The minimum absolute atomic E-state index is 0.156. The molecule has 0 saturated heterocycles. The number of phenolic OH excluding ortho intramolecular Hbond substituents is 3. The molecule has 3 aromatic carbocycles. The van der Waals surface area contributed by atoms with Crippen molar-refractivity contribution >= 4 is 60.1 Å². The van der Waals surface area contributed by atoms with E-state index in [1.807, 2.05) is 57.2 Å². The Labute approximate surface area is 217 Å². The van der Waals surface area contributed by atoms with Gasteiger partial charge in [0, 0.05) is 33.2 Å². The Hall–Kier alpha value is -4.18. The predicted octanol–water partition coefficient (Wildman–Crippen LogP) is 3.89. The van der Waals surface area contributed by atoms with E-state index in [9.17, 15) is 15.3 Å². The van der Waals surface area contributed by atoms with Crippen LogP contribution in [0.5, 0.6) is 17.2 Å². The van der Waals surface area contributed by atoms with Crippen molar-refractivity contribution < 1.29 is 15.3 Å². The average Bonchev–Trinajstić information content (AvgIpc) is 2.87. The van der Waals surface area contributed by atoms with E-state index < -0.39 is 14.1 Å². The summed E-state index contributed by atoms with van der Waals surface area (Å²) < 4.78 is 3.31. The van der Waals surface area contributed by atoms with Crippen LogP contribution in [-0.4, -0.2) is 44.4 Å². The molecule has 3 heterocycles. The van der Waals surface area contributed by atoms with Crippen LogP contribution >= 0.6 is 0 Å². The van der Waals surface area contributed by atoms with Gasteiger partial charge in [0.15, 0.2) is 0 Å². The zero-order valence-corrected chi connectivity index (χ0v) is 21.8. The van der Waals surface area contributed by atoms with Gasteiger partial charge in [-0.2, -0.15) is 0 Å². The number of hydrogen-bond donors (Lipinski definition) is 3. The lowest BCUT2D eigenvalue weighted by atomic mass is 10.2. The molecule has 0 aliphatic heterocycles. The summed E-state index contributed by atoms with van der Waals surface area (Å²) in [5.41, 5.74) is 4.26. The summed E-state index contributed by atoms with van der Waals surface area (Å²) in [6.45, 7) is 5.94. The van der Waals surface area contributed by atoms with Crippen molar-refractivity contribution in [3.05, 3.63) is 89.9 Å². The molecule has 0 fully saturated rings. The fourth-order valence-electron chi connectivity index (χ4n) is 5.25. The predicted molar refractivity (Wildman–Crippen MR) is 149 cm³/mol. The highest BCUT2D eigenvalue weighted by molar-refractivity contribution is 6.96. The van der Waals surface area contributed by atoms with E-state index in [1.165, 1.54) is 0 Å². The van der Waals surface area contributed by atoms with Crippen molar-refractivity contribution in [1.29, 1.82) is 0 Å². The number of benzene rings is 3. The number of para-hydroxylation sites is 3. The van der Waals surface area contributed by atoms with Crippen LogP contribution < -0.4 is 13.3 Å². The molecular weight excluding hydrogens is 477 g/mol. The maximum Gasteiger partial charge on any atom is 0.392 e. The lowest BCUT2D eigenvalue weighted by Gasteiger charge is -2.21. The normalized spacial score (nSPS) is 11.4. The van der Waals surface area contributed by atoms with Gasteiger partial charge in [-0.05, 0) is 39.0 Å². The van der Waals surface area contributed by atoms with Crippen molar-refractivity contribution in [2.75, 3.05) is 0 Å². The van der Waals surface area contributed by atoms with Gasteiger partial charge in [0.1, 0.15) is 33.8 Å². The van der Waals surface area contributed by atoms with E-state index in [2.05, 4.69) is 18.2 Å². The third-order valence-corrected chi connectivity index (χ3v) is 10.7. The number of aromatic nitrogens is 3. The van der Waals surface area contributed by atoms with Crippen molar-refractivity contribution in [3.8, 4) is 17.2 Å². The summed E-state index contributed by atoms with van der Waals surface area (Å²) in [6, 6.07) is 22.7. The van der Waals surface area contributed by atoms with Crippen LogP contribution in [0.25, 0.3) is 32.7 Å². The molecule has 0 atom stereocenters. The fraction of sp³-hybridized carbons (Fsp3) is 0.100. The third kappa shape index (κ3) is 3.84. The lowest BCUT2D eigenvalue weighted by Crippen LogP contribution is -2.55. The van der Waals surface area contributed by atoms with E-state index >= 15 is 0 Å². The van der Waals surface area contributed by atoms with Gasteiger partial charge >= 0.3 is 14.1 Å². The highest BCUT2D eigenvalue weighted by Crippen LogP contribution is 2.25. The smallest absolute Gasteiger partial charge is 0.392 e. The number of aromatic hydroxyl groups is 3. The van der Waals surface area contributed by atoms with Crippen LogP contribution in [0.15, 0.2) is 72.8 Å². The number of hydrogen-bond acceptors (Lipinski definition) is 6. The summed E-state index contributed by atoms with van der Waals surface area (Å²) >= 11 is -2.23. The molecule has 37 heavy (non-hydrogen) atoms. The number of fused-ring (bicyclic) bond motifs is 3. The van der Waals surface area contributed by atoms with Gasteiger partial charge in [-0.15, -0.1) is 0 Å². The third-order valence-electron chi connectivity index (χ3n) is 7.10. The first-order valence-electron chi connectivity index (χ1n) is 12.1. The molecule has 0 spiro atoms. The van der Waals surface area contributed by atoms with Crippen LogP contribution in [0, 0.1) is 20.8 Å². The first kappa shape index (κ1) is 23.2. The average molecular weight is 502 g/mol. The zero-order valence-electron chi connectivity index (χ0n) is 20.7. The molecule has 0 aliphatic carbocycles. The maximum absolute atomic E-state index is 10.4. The molecule has 0 saturated carbocycles. The topological polar surface area (TPSA) is 99.4 Å². The monoisotopic (exact) mass is 501 g/mol. The summed E-state index contributed by atoms with van der Waals surface area (Å²) in [5, 5.41) is 33.9. The molecule has 0 aliphatic rings. The number of pyridine rings is 3. The number of phenols is 3. The zero-order chi connectivity index (χ0) is 25.8. The van der Waals surface area contributed by atoms with Gasteiger partial charge in [-0.1, -0.05) is 67.9 Å². The molecule has 180 valence electrons. The van der Waals surface area contributed by atoms with E-state index in [1.54, 1.807) is 18.2 Å². The van der Waals surface area contributed by atoms with Gasteiger partial charge in [0.2, 0.25) is 0 Å². The van der Waals surface area contributed by atoms with Crippen LogP contribution in [0.1, 0.15) is 17.1 Å². The Bertz CT molecular complexity index is 1650. The summed E-state index contributed by atoms with van der Waals surface area (Å²) in [6.07, 6.45) is 0. The quantitative estimate of drug-likeness (QED) is 0.318. The SMILES string of the molecule is Cc1nc2c(O)cccc2c[c]1[Al]([c]1cc2cccc(O)c2nc1C)[c]1cc2cccc(O)c2nc1C. The molecule has 6 aromatic rings. The first-order chi connectivity index (χ1) is 17.8. The van der Waals surface area contributed by atoms with E-state index in [0.29, 0.717) is 16.6 Å². The fourth-order valence-corrected chi connectivity index (χ4v) is 8.74. The second-order valence-electron chi connectivity index (χ2n) is 9.47. The molecule has 3 N–H and O–H groups in total. The Balaban J connectivity index is 1.70. The molecule has 0 unspecified atom stereocenters. The van der Waals surface area contributed by atoms with Gasteiger partial charge < -0.3 is 15.3 Å². The molecule has 3 aromatic heterocycles. The molecule has 0 bridgehead atoms. The summed E-state index contributed by atoms with van der Waals surface area (Å²) in [7, 11) is 0. The number of nitrogens with zero attached hydrogens (tertiary/aromatic N) is 3. The minimum Gasteiger partial charge on any atom is -0.506 e. The van der Waals surface area contributed by atoms with Crippen LogP contribution in [0.3, 0.4) is 0 Å². The van der Waals surface area contributed by atoms with E-state index in [-0.39, 0.29) is 17.2 Å². The molecular formula is C30H24AlN3O3. The second-order valence-corrected chi connectivity index (χ2v) is 12.2. The molecule has 0 amide bonds. The molecule has 0 radical (unpaired) electrons. The minimum atomic E-state index is -2.23. The summed E-state index contributed by atoms with van der Waals surface area (Å²) in [5.74, 6) is 0.468. The largest absolute Gasteiger partial charge is 0.506 e. The Morgan fingerprint density at radius 2 is 0.784 bits per heavy atom. The van der Waals surface area contributed by atoms with Gasteiger partial charge in [-0.3, -0.25) is 15.0 Å². The van der Waals surface area contributed by atoms with Gasteiger partial charge in [-0.25, -0.2) is 0 Å². The van der Waals surface area contributed by atoms with Crippen molar-refractivity contribution in [2.24, 2.45) is 0 Å². The standard InChI is InChI=1S/3C10H8NO.Al/c3*1-7-5-6-8-3-2-4-9(12)10(8)11-7;/h3*2-4,6,12H,1H3;. The maximum atomic E-state index is 10.4.